The van der Waals surface area contributed by atoms with Gasteiger partial charge < -0.3 is 10.1 Å². The van der Waals surface area contributed by atoms with E-state index in [4.69, 9.17) is 0 Å². The monoisotopic (exact) mass is 450 g/mol. The number of halogens is 3. The van der Waals surface area contributed by atoms with Crippen LogP contribution in [0.3, 0.4) is 0 Å². The normalized spacial score (nSPS) is 12.7. The number of aliphatic hydroxyl groups is 1. The molecule has 0 spiro atoms. The number of aromatic nitrogens is 2. The molecule has 1 aromatic heterocycles. The number of nitrogens with zero attached hydrogens (tertiary/aromatic N) is 1. The van der Waals surface area contributed by atoms with E-state index in [9.17, 15) is 18.3 Å². The minimum absolute atomic E-state index is 0.000511. The van der Waals surface area contributed by atoms with Crippen LogP contribution in [0.15, 0.2) is 60.7 Å². The lowest BCUT2D eigenvalue weighted by molar-refractivity contribution is -0.137. The fourth-order valence-corrected chi connectivity index (χ4v) is 3.80. The van der Waals surface area contributed by atoms with Crippen LogP contribution in [0.4, 0.5) is 13.2 Å². The molecule has 0 fully saturated rings. The Morgan fingerprint density at radius 3 is 2.24 bits per heavy atom. The van der Waals surface area contributed by atoms with E-state index >= 15 is 0 Å². The highest BCUT2D eigenvalue weighted by Crippen LogP contribution is 2.40. The van der Waals surface area contributed by atoms with Crippen LogP contribution in [0.25, 0.3) is 34.3 Å². The molecule has 0 bridgehead atoms. The summed E-state index contributed by atoms with van der Waals surface area (Å²) >= 11 is 0. The summed E-state index contributed by atoms with van der Waals surface area (Å²) in [7, 11) is 0. The zero-order valence-corrected chi connectivity index (χ0v) is 18.7. The van der Waals surface area contributed by atoms with Crippen LogP contribution >= 0.6 is 0 Å². The largest absolute Gasteiger partial charge is 0.417 e. The van der Waals surface area contributed by atoms with Gasteiger partial charge in [0.1, 0.15) is 5.82 Å². The van der Waals surface area contributed by atoms with Crippen LogP contribution in [0, 0.1) is 0 Å². The standard InChI is InChI=1S/C27H25F3N2O/c1-26(2,3)19-11-8-17(9-12-19)10-13-25-31-23-14-21(20-7-5-4-6-18(20)16-33)22(27(28,29)30)15-24(23)32-25/h4-15,33H,16H2,1-3H3,(H,31,32)/b13-10+. The number of alkyl halides is 3. The molecule has 33 heavy (non-hydrogen) atoms. The topological polar surface area (TPSA) is 48.9 Å². The van der Waals surface area contributed by atoms with Crippen molar-refractivity contribution in [2.45, 2.75) is 39.0 Å². The van der Waals surface area contributed by atoms with Gasteiger partial charge in [-0.2, -0.15) is 13.2 Å². The van der Waals surface area contributed by atoms with Gasteiger partial charge in [-0.25, -0.2) is 4.98 Å². The molecule has 4 rings (SSSR count). The van der Waals surface area contributed by atoms with Crippen LogP contribution in [0.2, 0.25) is 0 Å². The Labute approximate surface area is 190 Å². The molecule has 170 valence electrons. The molecular weight excluding hydrogens is 425 g/mol. The van der Waals surface area contributed by atoms with Gasteiger partial charge >= 0.3 is 6.18 Å². The highest BCUT2D eigenvalue weighted by Gasteiger charge is 2.35. The maximum atomic E-state index is 13.9. The predicted molar refractivity (Wildman–Crippen MR) is 127 cm³/mol. The molecule has 0 saturated heterocycles. The van der Waals surface area contributed by atoms with Crippen LogP contribution in [0.5, 0.6) is 0 Å². The number of benzene rings is 3. The summed E-state index contributed by atoms with van der Waals surface area (Å²) < 4.78 is 41.6. The third kappa shape index (κ3) is 4.86. The van der Waals surface area contributed by atoms with E-state index < -0.39 is 11.7 Å². The molecule has 0 atom stereocenters. The summed E-state index contributed by atoms with van der Waals surface area (Å²) in [4.78, 5) is 7.45. The molecule has 0 aliphatic heterocycles. The summed E-state index contributed by atoms with van der Waals surface area (Å²) in [5.41, 5.74) is 2.97. The van der Waals surface area contributed by atoms with Crippen molar-refractivity contribution in [3.05, 3.63) is 88.7 Å². The summed E-state index contributed by atoms with van der Waals surface area (Å²) in [5, 5.41) is 9.62. The SMILES string of the molecule is CC(C)(C)c1ccc(/C=C/c2nc3cc(-c4ccccc4CO)c(C(F)(F)F)cc3[nH]2)cc1. The third-order valence-corrected chi connectivity index (χ3v) is 5.63. The first-order chi connectivity index (χ1) is 15.6. The van der Waals surface area contributed by atoms with Crippen molar-refractivity contribution >= 4 is 23.2 Å². The molecule has 0 amide bonds. The molecule has 0 aliphatic carbocycles. The number of hydrogen-bond acceptors (Lipinski definition) is 2. The number of H-pyrrole nitrogens is 1. The fraction of sp³-hybridized carbons (Fsp3) is 0.222. The summed E-state index contributed by atoms with van der Waals surface area (Å²) in [5.74, 6) is 0.464. The first-order valence-electron chi connectivity index (χ1n) is 10.6. The Hall–Kier alpha value is -3.38. The molecule has 4 aromatic rings. The number of aromatic amines is 1. The number of fused-ring (bicyclic) bond motifs is 1. The van der Waals surface area contributed by atoms with Crippen LogP contribution in [0.1, 0.15) is 48.8 Å². The summed E-state index contributed by atoms with van der Waals surface area (Å²) in [6.07, 6.45) is -0.931. The summed E-state index contributed by atoms with van der Waals surface area (Å²) in [6, 6.07) is 17.2. The minimum Gasteiger partial charge on any atom is -0.392 e. The van der Waals surface area contributed by atoms with Crippen LogP contribution in [-0.2, 0) is 18.2 Å². The van der Waals surface area contributed by atoms with Crippen LogP contribution < -0.4 is 0 Å². The molecule has 0 radical (unpaired) electrons. The highest BCUT2D eigenvalue weighted by molar-refractivity contribution is 5.87. The Kier molecular flexibility index (Phi) is 5.89. The van der Waals surface area contributed by atoms with E-state index in [2.05, 4.69) is 42.9 Å². The Morgan fingerprint density at radius 2 is 1.61 bits per heavy atom. The number of aliphatic hydroxyl groups excluding tert-OH is 1. The van der Waals surface area contributed by atoms with E-state index in [1.165, 1.54) is 11.6 Å². The van der Waals surface area contributed by atoms with Crippen molar-refractivity contribution in [1.29, 1.82) is 0 Å². The van der Waals surface area contributed by atoms with Crippen molar-refractivity contribution in [3.8, 4) is 11.1 Å². The molecule has 1 heterocycles. The lowest BCUT2D eigenvalue weighted by Crippen LogP contribution is -2.10. The number of imidazole rings is 1. The average molecular weight is 451 g/mol. The lowest BCUT2D eigenvalue weighted by atomic mass is 9.87. The van der Waals surface area contributed by atoms with Gasteiger partial charge in [0.15, 0.2) is 0 Å². The number of nitrogens with one attached hydrogen (secondary N) is 1. The van der Waals surface area contributed by atoms with Crippen molar-refractivity contribution in [1.82, 2.24) is 9.97 Å². The van der Waals surface area contributed by atoms with Gasteiger partial charge in [-0.05, 0) is 51.4 Å². The van der Waals surface area contributed by atoms with Crippen molar-refractivity contribution in [2.75, 3.05) is 0 Å². The average Bonchev–Trinajstić information content (AvgIpc) is 3.18. The van der Waals surface area contributed by atoms with E-state index in [1.807, 2.05) is 18.2 Å². The first kappa shape index (κ1) is 22.8. The minimum atomic E-state index is -4.55. The smallest absolute Gasteiger partial charge is 0.392 e. The first-order valence-corrected chi connectivity index (χ1v) is 10.6. The van der Waals surface area contributed by atoms with Gasteiger partial charge in [-0.3, -0.25) is 0 Å². The summed E-state index contributed by atoms with van der Waals surface area (Å²) in [6.45, 7) is 6.09. The van der Waals surface area contributed by atoms with Crippen LogP contribution in [-0.4, -0.2) is 15.1 Å². The molecule has 0 saturated carbocycles. The van der Waals surface area contributed by atoms with Gasteiger partial charge in [-0.15, -0.1) is 0 Å². The zero-order valence-electron chi connectivity index (χ0n) is 18.7. The van der Waals surface area contributed by atoms with Gasteiger partial charge in [0.25, 0.3) is 0 Å². The second kappa shape index (κ2) is 8.52. The zero-order chi connectivity index (χ0) is 23.8. The molecule has 2 N–H and O–H groups in total. The lowest BCUT2D eigenvalue weighted by Gasteiger charge is -2.18. The molecule has 0 unspecified atom stereocenters. The number of rotatable bonds is 4. The van der Waals surface area contributed by atoms with E-state index in [1.54, 1.807) is 30.3 Å². The molecule has 3 nitrogen and oxygen atoms in total. The van der Waals surface area contributed by atoms with E-state index in [0.29, 0.717) is 28.0 Å². The van der Waals surface area contributed by atoms with E-state index in [0.717, 1.165) is 11.6 Å². The third-order valence-electron chi connectivity index (χ3n) is 5.63. The highest BCUT2D eigenvalue weighted by atomic mass is 19.4. The Balaban J connectivity index is 1.74. The van der Waals surface area contributed by atoms with Gasteiger partial charge in [-0.1, -0.05) is 75.4 Å². The second-order valence-electron chi connectivity index (χ2n) is 9.06. The molecular formula is C27H25F3N2O. The van der Waals surface area contributed by atoms with Gasteiger partial charge in [0.05, 0.1) is 23.2 Å². The molecule has 3 aromatic carbocycles. The van der Waals surface area contributed by atoms with Gasteiger partial charge in [0.2, 0.25) is 0 Å². The Bertz CT molecular complexity index is 1310. The quantitative estimate of drug-likeness (QED) is 0.345. The van der Waals surface area contributed by atoms with Crippen molar-refractivity contribution in [2.24, 2.45) is 0 Å². The van der Waals surface area contributed by atoms with E-state index in [-0.39, 0.29) is 17.6 Å². The Morgan fingerprint density at radius 1 is 0.909 bits per heavy atom. The van der Waals surface area contributed by atoms with Gasteiger partial charge in [0, 0.05) is 0 Å². The fourth-order valence-electron chi connectivity index (χ4n) is 3.80. The predicted octanol–water partition coefficient (Wildman–Crippen LogP) is 7.21. The molecule has 0 aliphatic rings. The number of hydrogen-bond donors (Lipinski definition) is 2. The maximum absolute atomic E-state index is 13.9. The van der Waals surface area contributed by atoms with Crippen molar-refractivity contribution in [3.63, 3.8) is 0 Å². The second-order valence-corrected chi connectivity index (χ2v) is 9.06. The molecule has 6 heteroatoms. The maximum Gasteiger partial charge on any atom is 0.417 e. The van der Waals surface area contributed by atoms with Crippen molar-refractivity contribution < 1.29 is 18.3 Å².